The summed E-state index contributed by atoms with van der Waals surface area (Å²) in [7, 11) is 2.08. The first-order valence-electron chi connectivity index (χ1n) is 21.6. The molecule has 0 spiro atoms. The van der Waals surface area contributed by atoms with Crippen LogP contribution in [0.4, 0.5) is 22.0 Å². The van der Waals surface area contributed by atoms with Crippen LogP contribution in [0.25, 0.3) is 22.2 Å². The molecule has 4 aliphatic heterocycles. The minimum absolute atomic E-state index is 0.0791. The van der Waals surface area contributed by atoms with Gasteiger partial charge in [-0.1, -0.05) is 30.3 Å². The molecule has 3 aromatic carbocycles. The number of ether oxygens (including phenoxy) is 1. The van der Waals surface area contributed by atoms with Crippen LogP contribution in [0.15, 0.2) is 66.7 Å². The predicted octanol–water partition coefficient (Wildman–Crippen LogP) is 6.30. The van der Waals surface area contributed by atoms with E-state index in [9.17, 15) is 19.5 Å². The first-order chi connectivity index (χ1) is 29.5. The average molecular weight is 826 g/mol. The van der Waals surface area contributed by atoms with E-state index in [0.717, 1.165) is 86.4 Å². The maximum Gasteiger partial charge on any atom is 0.328 e. The average Bonchev–Trinajstić information content (AvgIpc) is 3.53. The van der Waals surface area contributed by atoms with Crippen molar-refractivity contribution in [1.82, 2.24) is 29.9 Å². The van der Waals surface area contributed by atoms with Crippen LogP contribution < -0.4 is 20.9 Å². The second-order valence-electron chi connectivity index (χ2n) is 17.2. The molecular weight excluding hydrogens is 771 g/mol. The molecule has 6 heterocycles. The van der Waals surface area contributed by atoms with Crippen molar-refractivity contribution in [2.45, 2.75) is 58.0 Å². The van der Waals surface area contributed by atoms with E-state index in [0.29, 0.717) is 67.1 Å². The Kier molecular flexibility index (Phi) is 11.1. The highest BCUT2D eigenvalue weighted by molar-refractivity contribution is 6.10. The number of aromatic hydroxyl groups is 1. The van der Waals surface area contributed by atoms with Crippen molar-refractivity contribution in [1.29, 1.82) is 0 Å². The lowest BCUT2D eigenvalue weighted by atomic mass is 9.86. The summed E-state index contributed by atoms with van der Waals surface area (Å²) in [6.45, 7) is 10.9. The van der Waals surface area contributed by atoms with E-state index < -0.39 is 0 Å². The first kappa shape index (κ1) is 40.4. The summed E-state index contributed by atoms with van der Waals surface area (Å²) >= 11 is 0. The number of benzene rings is 3. The highest BCUT2D eigenvalue weighted by Crippen LogP contribution is 2.41. The summed E-state index contributed by atoms with van der Waals surface area (Å²) in [4.78, 5) is 46.9. The lowest BCUT2D eigenvalue weighted by molar-refractivity contribution is -0.120. The van der Waals surface area contributed by atoms with Crippen LogP contribution in [-0.2, 0) is 16.6 Å². The van der Waals surface area contributed by atoms with E-state index in [2.05, 4.69) is 49.9 Å². The third-order valence-electron chi connectivity index (χ3n) is 13.5. The topological polar surface area (TPSA) is 162 Å². The lowest BCUT2D eigenvalue weighted by Gasteiger charge is -2.38. The number of carbonyl (C=O) groups excluding carboxylic acids is 3. The van der Waals surface area contributed by atoms with Gasteiger partial charge in [0.1, 0.15) is 11.9 Å². The summed E-state index contributed by atoms with van der Waals surface area (Å²) in [6, 6.07) is 20.7. The van der Waals surface area contributed by atoms with Crippen LogP contribution >= 0.6 is 0 Å². The molecule has 0 unspecified atom stereocenters. The molecule has 0 aliphatic carbocycles. The van der Waals surface area contributed by atoms with Gasteiger partial charge < -0.3 is 34.8 Å². The number of morpholine rings is 1. The lowest BCUT2D eigenvalue weighted by Crippen LogP contribution is -2.49. The zero-order valence-electron chi connectivity index (χ0n) is 35.3. The van der Waals surface area contributed by atoms with Gasteiger partial charge in [0.15, 0.2) is 5.82 Å². The summed E-state index contributed by atoms with van der Waals surface area (Å²) in [5, 5.41) is 22.5. The Morgan fingerprint density at radius 1 is 0.902 bits per heavy atom. The number of aryl methyl sites for hydroxylation is 2. The smallest absolute Gasteiger partial charge is 0.328 e. The Hall–Kier alpha value is -5.99. The van der Waals surface area contributed by atoms with Crippen molar-refractivity contribution in [2.75, 3.05) is 74.5 Å². The van der Waals surface area contributed by atoms with Crippen LogP contribution in [0, 0.1) is 19.8 Å². The van der Waals surface area contributed by atoms with E-state index in [1.54, 1.807) is 23.1 Å². The van der Waals surface area contributed by atoms with Gasteiger partial charge >= 0.3 is 6.03 Å². The number of likely N-dealkylation sites (tertiary alicyclic amines) is 2. The fourth-order valence-corrected chi connectivity index (χ4v) is 10.1. The van der Waals surface area contributed by atoms with Crippen LogP contribution in [0.5, 0.6) is 5.75 Å². The molecule has 14 heteroatoms. The van der Waals surface area contributed by atoms with Crippen LogP contribution in [-0.4, -0.2) is 106 Å². The number of nitrogens with one attached hydrogen (secondary N) is 1. The number of hydrogen-bond acceptors (Lipinski definition) is 10. The molecule has 61 heavy (non-hydrogen) atoms. The number of nitrogens with zero attached hydrogens (tertiary/aromatic N) is 7. The van der Waals surface area contributed by atoms with E-state index in [4.69, 9.17) is 10.5 Å². The van der Waals surface area contributed by atoms with Crippen LogP contribution in [0.2, 0.25) is 0 Å². The number of anilines is 3. The molecule has 2 aromatic heterocycles. The van der Waals surface area contributed by atoms with Crippen LogP contribution in [0.1, 0.15) is 76.9 Å². The number of fused-ring (bicyclic) bond motifs is 1. The standard InChI is InChI=1S/C47H55N9O5/c1-29-25-33(11-12-34(29)41-28-55(23-24-61-41)39-26-37(50-51-45(39)48)35-7-4-5-10-40(35)57)46(59)54-20-13-31(14-21-54)27-53-18-15-32(16-19-53)43-30(2)52(3)44-36(43)8-6-9-38(44)56-22-17-42(58)49-47(56)60/h4-12,25-26,31-32,41,57H,13-24,27-28H2,1-3H3,(H2,48,51)(H,49,58,60)/t41-/m1/s1. The molecule has 4 amide bonds. The number of imide groups is 1. The maximum absolute atomic E-state index is 13.8. The summed E-state index contributed by atoms with van der Waals surface area (Å²) in [6.07, 6.45) is 4.23. The number of hydrogen-bond donors (Lipinski definition) is 3. The fourth-order valence-electron chi connectivity index (χ4n) is 10.1. The number of rotatable bonds is 8. The largest absolute Gasteiger partial charge is 0.507 e. The Morgan fingerprint density at radius 2 is 1.69 bits per heavy atom. The van der Waals surface area contributed by atoms with Gasteiger partial charge in [-0.2, -0.15) is 0 Å². The van der Waals surface area contributed by atoms with Gasteiger partial charge in [-0.25, -0.2) is 4.79 Å². The molecule has 14 nitrogen and oxygen atoms in total. The Labute approximate surface area is 356 Å². The van der Waals surface area contributed by atoms with E-state index in [1.165, 1.54) is 16.6 Å². The normalized spacial score (nSPS) is 19.8. The van der Waals surface area contributed by atoms with E-state index >= 15 is 0 Å². The van der Waals surface area contributed by atoms with Crippen molar-refractivity contribution in [3.05, 3.63) is 94.7 Å². The summed E-state index contributed by atoms with van der Waals surface area (Å²) < 4.78 is 8.48. The second kappa shape index (κ2) is 16.8. The molecule has 0 saturated carbocycles. The number of aromatic nitrogens is 3. The zero-order valence-corrected chi connectivity index (χ0v) is 35.3. The third-order valence-corrected chi connectivity index (χ3v) is 13.5. The predicted molar refractivity (Wildman–Crippen MR) is 236 cm³/mol. The molecule has 5 aromatic rings. The molecule has 9 rings (SSSR count). The minimum Gasteiger partial charge on any atom is -0.507 e. The highest BCUT2D eigenvalue weighted by atomic mass is 16.5. The zero-order chi connectivity index (χ0) is 42.4. The van der Waals surface area contributed by atoms with Gasteiger partial charge in [0.2, 0.25) is 5.91 Å². The monoisotopic (exact) mass is 825 g/mol. The SMILES string of the molecule is Cc1cc(C(=O)N2CCC(CN3CCC(c4c(C)n(C)c5c(N6CCC(=O)NC6=O)cccc45)CC3)CC2)ccc1[C@H]1CN(c2cc(-c3ccccc3O)nnc2N)CCO1. The number of nitrogen functional groups attached to an aromatic ring is 1. The van der Waals surface area contributed by atoms with Gasteiger partial charge in [-0.3, -0.25) is 19.8 Å². The van der Waals surface area contributed by atoms with Crippen molar-refractivity contribution in [2.24, 2.45) is 13.0 Å². The number of phenolic OH excluding ortho intramolecular Hbond substituents is 1. The number of piperidine rings is 2. The van der Waals surface area contributed by atoms with Crippen molar-refractivity contribution < 1.29 is 24.2 Å². The van der Waals surface area contributed by atoms with Crippen molar-refractivity contribution in [3.8, 4) is 17.0 Å². The molecule has 4 fully saturated rings. The molecule has 318 valence electrons. The number of phenols is 1. The third kappa shape index (κ3) is 7.90. The molecule has 4 aliphatic rings. The number of urea groups is 1. The Bertz CT molecular complexity index is 2490. The molecular formula is C47H55N9O5. The highest BCUT2D eigenvalue weighted by Gasteiger charge is 2.33. The van der Waals surface area contributed by atoms with Crippen LogP contribution in [0.3, 0.4) is 0 Å². The van der Waals surface area contributed by atoms with E-state index in [-0.39, 0.29) is 29.7 Å². The number of para-hydroxylation sites is 2. The van der Waals surface area contributed by atoms with Gasteiger partial charge in [-0.15, -0.1) is 10.2 Å². The number of amides is 4. The first-order valence-corrected chi connectivity index (χ1v) is 21.6. The van der Waals surface area contributed by atoms with Crippen molar-refractivity contribution >= 4 is 45.9 Å². The molecule has 1 atom stereocenters. The summed E-state index contributed by atoms with van der Waals surface area (Å²) in [5.74, 6) is 1.30. The molecule has 4 saturated heterocycles. The Morgan fingerprint density at radius 3 is 2.44 bits per heavy atom. The summed E-state index contributed by atoms with van der Waals surface area (Å²) in [5.41, 5.74) is 15.5. The minimum atomic E-state index is -0.356. The maximum atomic E-state index is 13.8. The molecule has 0 bridgehead atoms. The van der Waals surface area contributed by atoms with Gasteiger partial charge in [-0.05, 0) is 118 Å². The van der Waals surface area contributed by atoms with Gasteiger partial charge in [0, 0.05) is 74.9 Å². The molecule has 0 radical (unpaired) electrons. The molecule has 4 N–H and O–H groups in total. The quantitative estimate of drug-likeness (QED) is 0.162. The number of nitrogens with two attached hydrogens (primary N) is 1. The van der Waals surface area contributed by atoms with Gasteiger partial charge in [0.25, 0.3) is 5.91 Å². The number of carbonyl (C=O) groups is 3. The second-order valence-corrected chi connectivity index (χ2v) is 17.2. The Balaban J connectivity index is 0.784. The van der Waals surface area contributed by atoms with Crippen molar-refractivity contribution in [3.63, 3.8) is 0 Å². The fraction of sp³-hybridized carbons (Fsp3) is 0.426. The van der Waals surface area contributed by atoms with E-state index in [1.807, 2.05) is 54.3 Å². The van der Waals surface area contributed by atoms with Gasteiger partial charge in [0.05, 0.1) is 29.2 Å².